The van der Waals surface area contributed by atoms with Crippen LogP contribution in [0.4, 0.5) is 0 Å². The van der Waals surface area contributed by atoms with E-state index in [2.05, 4.69) is 18.0 Å². The molecule has 0 atom stereocenters. The van der Waals surface area contributed by atoms with Gasteiger partial charge in [-0.05, 0) is 43.2 Å². The molecule has 19 heavy (non-hydrogen) atoms. The molecule has 0 amide bonds. The maximum absolute atomic E-state index is 9.03. The van der Waals surface area contributed by atoms with Crippen molar-refractivity contribution in [3.05, 3.63) is 53.2 Å². The number of ether oxygens (including phenoxy) is 1. The fourth-order valence-corrected chi connectivity index (χ4v) is 1.82. The maximum Gasteiger partial charge on any atom is 0.237 e. The van der Waals surface area contributed by atoms with Crippen LogP contribution in [0.15, 0.2) is 36.4 Å². The van der Waals surface area contributed by atoms with Crippen LogP contribution in [0.2, 0.25) is 0 Å². The lowest BCUT2D eigenvalue weighted by atomic mass is 10.1. The molecule has 0 saturated carbocycles. The first-order chi connectivity index (χ1) is 9.22. The molecule has 1 aromatic heterocycles. The minimum Gasteiger partial charge on any atom is -0.438 e. The van der Waals surface area contributed by atoms with Gasteiger partial charge in [0.05, 0.1) is 0 Å². The topological polar surface area (TPSA) is 45.9 Å². The zero-order valence-electron chi connectivity index (χ0n) is 11.2. The summed E-state index contributed by atoms with van der Waals surface area (Å²) in [6.45, 7) is 4.03. The highest BCUT2D eigenvalue weighted by atomic mass is 16.5. The molecule has 0 fully saturated rings. The van der Waals surface area contributed by atoms with E-state index in [1.54, 1.807) is 12.1 Å². The molecule has 0 radical (unpaired) electrons. The quantitative estimate of drug-likeness (QED) is 0.826. The van der Waals surface area contributed by atoms with E-state index in [0.717, 1.165) is 18.5 Å². The van der Waals surface area contributed by atoms with E-state index >= 15 is 0 Å². The molecule has 3 nitrogen and oxygen atoms in total. The first-order valence-corrected chi connectivity index (χ1v) is 6.37. The monoisotopic (exact) mass is 252 g/mol. The number of rotatable bonds is 4. The molecule has 1 heterocycles. The number of aromatic nitrogens is 1. The van der Waals surface area contributed by atoms with Crippen LogP contribution >= 0.6 is 0 Å². The van der Waals surface area contributed by atoms with E-state index < -0.39 is 0 Å². The molecule has 3 heteroatoms. The van der Waals surface area contributed by atoms with Crippen LogP contribution in [0.3, 0.4) is 0 Å². The Morgan fingerprint density at radius 3 is 2.53 bits per heavy atom. The number of pyridine rings is 1. The SMILES string of the molecule is CCCc1ccc(Oc2nc(C)ccc2C#N)cc1. The number of benzene rings is 1. The molecule has 0 saturated heterocycles. The Kier molecular flexibility index (Phi) is 4.15. The van der Waals surface area contributed by atoms with Gasteiger partial charge in [-0.3, -0.25) is 0 Å². The van der Waals surface area contributed by atoms with Crippen molar-refractivity contribution in [2.45, 2.75) is 26.7 Å². The zero-order chi connectivity index (χ0) is 13.7. The van der Waals surface area contributed by atoms with Crippen LogP contribution in [0.25, 0.3) is 0 Å². The fraction of sp³-hybridized carbons (Fsp3) is 0.250. The average Bonchev–Trinajstić information content (AvgIpc) is 2.42. The van der Waals surface area contributed by atoms with Crippen LogP contribution < -0.4 is 4.74 Å². The van der Waals surface area contributed by atoms with Gasteiger partial charge in [0.2, 0.25) is 5.88 Å². The van der Waals surface area contributed by atoms with Crippen molar-refractivity contribution in [3.8, 4) is 17.7 Å². The number of hydrogen-bond donors (Lipinski definition) is 0. The first kappa shape index (κ1) is 13.1. The van der Waals surface area contributed by atoms with Crippen LogP contribution in [0.1, 0.15) is 30.2 Å². The highest BCUT2D eigenvalue weighted by Crippen LogP contribution is 2.23. The van der Waals surface area contributed by atoms with Crippen molar-refractivity contribution in [1.82, 2.24) is 4.98 Å². The van der Waals surface area contributed by atoms with E-state index in [9.17, 15) is 0 Å². The molecule has 0 spiro atoms. The van der Waals surface area contributed by atoms with Gasteiger partial charge in [0.1, 0.15) is 17.4 Å². The predicted octanol–water partition coefficient (Wildman–Crippen LogP) is 4.01. The van der Waals surface area contributed by atoms with E-state index in [1.807, 2.05) is 31.2 Å². The summed E-state index contributed by atoms with van der Waals surface area (Å²) >= 11 is 0. The van der Waals surface area contributed by atoms with Gasteiger partial charge in [0.15, 0.2) is 0 Å². The minimum atomic E-state index is 0.366. The lowest BCUT2D eigenvalue weighted by Crippen LogP contribution is -1.94. The second-order valence-electron chi connectivity index (χ2n) is 4.41. The van der Waals surface area contributed by atoms with Gasteiger partial charge in [-0.2, -0.15) is 5.26 Å². The van der Waals surface area contributed by atoms with Crippen molar-refractivity contribution in [1.29, 1.82) is 5.26 Å². The summed E-state index contributed by atoms with van der Waals surface area (Å²) in [7, 11) is 0. The second kappa shape index (κ2) is 6.01. The largest absolute Gasteiger partial charge is 0.438 e. The zero-order valence-corrected chi connectivity index (χ0v) is 11.2. The Labute approximate surface area is 113 Å². The first-order valence-electron chi connectivity index (χ1n) is 6.37. The van der Waals surface area contributed by atoms with E-state index in [0.29, 0.717) is 17.2 Å². The van der Waals surface area contributed by atoms with Crippen LogP contribution in [0, 0.1) is 18.3 Å². The standard InChI is InChI=1S/C16H16N2O/c1-3-4-13-6-9-15(10-7-13)19-16-14(11-17)8-5-12(2)18-16/h5-10H,3-4H2,1-2H3. The van der Waals surface area contributed by atoms with Gasteiger partial charge in [0.25, 0.3) is 0 Å². The molecular formula is C16H16N2O. The molecule has 2 aromatic rings. The summed E-state index contributed by atoms with van der Waals surface area (Å²) in [6.07, 6.45) is 2.19. The van der Waals surface area contributed by atoms with Crippen molar-refractivity contribution in [3.63, 3.8) is 0 Å². The average molecular weight is 252 g/mol. The summed E-state index contributed by atoms with van der Waals surface area (Å²) in [5.41, 5.74) is 2.56. The molecule has 96 valence electrons. The second-order valence-corrected chi connectivity index (χ2v) is 4.41. The fourth-order valence-electron chi connectivity index (χ4n) is 1.82. The van der Waals surface area contributed by atoms with Crippen molar-refractivity contribution in [2.75, 3.05) is 0 Å². The number of hydrogen-bond acceptors (Lipinski definition) is 3. The molecule has 1 aromatic carbocycles. The van der Waals surface area contributed by atoms with Crippen molar-refractivity contribution >= 4 is 0 Å². The van der Waals surface area contributed by atoms with Gasteiger partial charge in [-0.15, -0.1) is 0 Å². The normalized spacial score (nSPS) is 9.95. The Morgan fingerprint density at radius 1 is 1.16 bits per heavy atom. The summed E-state index contributed by atoms with van der Waals surface area (Å²) < 4.78 is 5.68. The predicted molar refractivity (Wildman–Crippen MR) is 74.2 cm³/mol. The minimum absolute atomic E-state index is 0.366. The highest BCUT2D eigenvalue weighted by molar-refractivity contribution is 5.41. The number of nitriles is 1. The molecule has 0 aliphatic carbocycles. The van der Waals surface area contributed by atoms with Crippen molar-refractivity contribution < 1.29 is 4.74 Å². The van der Waals surface area contributed by atoms with E-state index in [4.69, 9.17) is 10.00 Å². The number of aryl methyl sites for hydroxylation is 2. The molecule has 0 aliphatic heterocycles. The molecule has 0 unspecified atom stereocenters. The maximum atomic E-state index is 9.03. The molecule has 0 N–H and O–H groups in total. The third-order valence-electron chi connectivity index (χ3n) is 2.80. The van der Waals surface area contributed by atoms with Gasteiger partial charge < -0.3 is 4.74 Å². The van der Waals surface area contributed by atoms with Crippen molar-refractivity contribution in [2.24, 2.45) is 0 Å². The Morgan fingerprint density at radius 2 is 1.89 bits per heavy atom. The third-order valence-corrected chi connectivity index (χ3v) is 2.80. The summed E-state index contributed by atoms with van der Waals surface area (Å²) in [5, 5.41) is 9.03. The molecular weight excluding hydrogens is 236 g/mol. The third kappa shape index (κ3) is 3.32. The van der Waals surface area contributed by atoms with E-state index in [1.165, 1.54) is 5.56 Å². The van der Waals surface area contributed by atoms with Gasteiger partial charge in [-0.1, -0.05) is 25.5 Å². The van der Waals surface area contributed by atoms with Gasteiger partial charge >= 0.3 is 0 Å². The number of nitrogens with zero attached hydrogens (tertiary/aromatic N) is 2. The molecule has 0 aliphatic rings. The smallest absolute Gasteiger partial charge is 0.237 e. The summed E-state index contributed by atoms with van der Waals surface area (Å²) in [6, 6.07) is 13.5. The summed E-state index contributed by atoms with van der Waals surface area (Å²) in [5.74, 6) is 1.07. The molecule has 0 bridgehead atoms. The lowest BCUT2D eigenvalue weighted by molar-refractivity contribution is 0.460. The highest BCUT2D eigenvalue weighted by Gasteiger charge is 2.06. The Hall–Kier alpha value is -2.34. The lowest BCUT2D eigenvalue weighted by Gasteiger charge is -2.07. The van der Waals surface area contributed by atoms with Crippen LogP contribution in [-0.2, 0) is 6.42 Å². The van der Waals surface area contributed by atoms with Crippen LogP contribution in [0.5, 0.6) is 11.6 Å². The van der Waals surface area contributed by atoms with Crippen LogP contribution in [-0.4, -0.2) is 4.98 Å². The summed E-state index contributed by atoms with van der Waals surface area (Å²) in [4.78, 5) is 4.25. The van der Waals surface area contributed by atoms with E-state index in [-0.39, 0.29) is 0 Å². The van der Waals surface area contributed by atoms with Gasteiger partial charge in [-0.25, -0.2) is 4.98 Å². The van der Waals surface area contributed by atoms with Gasteiger partial charge in [0, 0.05) is 5.69 Å². The Balaban J connectivity index is 2.21. The molecule has 2 rings (SSSR count). The Bertz CT molecular complexity index is 597.